The molecule has 0 aliphatic carbocycles. The molecule has 1 heterocycles. The van der Waals surface area contributed by atoms with Gasteiger partial charge in [0.1, 0.15) is 5.75 Å². The van der Waals surface area contributed by atoms with Crippen molar-refractivity contribution in [2.45, 2.75) is 45.7 Å². The van der Waals surface area contributed by atoms with E-state index in [4.69, 9.17) is 9.84 Å². The summed E-state index contributed by atoms with van der Waals surface area (Å²) < 4.78 is 47.6. The Labute approximate surface area is 167 Å². The summed E-state index contributed by atoms with van der Waals surface area (Å²) in [5, 5.41) is 9.06. The number of hydrogen-bond donors (Lipinski definition) is 1. The maximum absolute atomic E-state index is 12.5. The van der Waals surface area contributed by atoms with Crippen molar-refractivity contribution in [3.05, 3.63) is 29.3 Å². The molecule has 1 aromatic rings. The monoisotopic (exact) mass is 418 g/mol. The first kappa shape index (κ1) is 22.8. The van der Waals surface area contributed by atoms with Crippen LogP contribution in [0.2, 0.25) is 0 Å². The Kier molecular flexibility index (Phi) is 7.34. The number of halogens is 3. The van der Waals surface area contributed by atoms with E-state index in [-0.39, 0.29) is 13.1 Å². The number of alkyl halides is 3. The Hall–Kier alpha value is -2.49. The Morgan fingerprint density at radius 3 is 2.34 bits per heavy atom. The summed E-state index contributed by atoms with van der Waals surface area (Å²) in [4.78, 5) is 26.2. The minimum atomic E-state index is -4.59. The summed E-state index contributed by atoms with van der Waals surface area (Å²) in [6, 6.07) is 5.51. The minimum Gasteiger partial charge on any atom is -0.479 e. The normalized spacial score (nSPS) is 17.5. The van der Waals surface area contributed by atoms with Gasteiger partial charge in [0.05, 0.1) is 0 Å². The quantitative estimate of drug-likeness (QED) is 0.765. The molecule has 2 atom stereocenters. The second-order valence-corrected chi connectivity index (χ2v) is 7.04. The standard InChI is InChI=1S/C19H25F3N2O5/c1-12-4-5-15(16(10-12)28-13(2)17(25)26)11-23-6-8-24(9-7-23)18(27)29-14(3)19(20,21)22/h4-5,10,13-14H,6-9,11H2,1-3H3,(H,25,26)/t13-,14?/m1/s1. The number of aryl methyl sites for hydroxylation is 1. The molecule has 1 unspecified atom stereocenters. The van der Waals surface area contributed by atoms with Crippen LogP contribution in [0.1, 0.15) is 25.0 Å². The Balaban J connectivity index is 1.94. The highest BCUT2D eigenvalue weighted by molar-refractivity contribution is 5.72. The van der Waals surface area contributed by atoms with Crippen molar-refractivity contribution < 1.29 is 37.3 Å². The number of aliphatic carboxylic acids is 1. The molecular formula is C19H25F3N2O5. The molecule has 1 amide bonds. The number of carboxylic acids is 1. The van der Waals surface area contributed by atoms with Gasteiger partial charge in [0.2, 0.25) is 0 Å². The summed E-state index contributed by atoms with van der Waals surface area (Å²) in [5.74, 6) is -0.599. The van der Waals surface area contributed by atoms with Gasteiger partial charge in [-0.05, 0) is 32.4 Å². The molecule has 7 nitrogen and oxygen atoms in total. The van der Waals surface area contributed by atoms with Gasteiger partial charge in [0, 0.05) is 38.3 Å². The fourth-order valence-corrected chi connectivity index (χ4v) is 2.76. The topological polar surface area (TPSA) is 79.3 Å². The van der Waals surface area contributed by atoms with Crippen molar-refractivity contribution in [2.75, 3.05) is 26.2 Å². The fraction of sp³-hybridized carbons (Fsp3) is 0.579. The zero-order chi connectivity index (χ0) is 21.8. The van der Waals surface area contributed by atoms with Gasteiger partial charge < -0.3 is 19.5 Å². The van der Waals surface area contributed by atoms with Crippen molar-refractivity contribution in [2.24, 2.45) is 0 Å². The molecule has 10 heteroatoms. The number of amides is 1. The molecule has 29 heavy (non-hydrogen) atoms. The largest absolute Gasteiger partial charge is 0.479 e. The van der Waals surface area contributed by atoms with Crippen LogP contribution >= 0.6 is 0 Å². The number of benzene rings is 1. The van der Waals surface area contributed by atoms with E-state index in [1.165, 1.54) is 11.8 Å². The molecule has 1 aromatic carbocycles. The lowest BCUT2D eigenvalue weighted by molar-refractivity contribution is -0.200. The molecule has 0 bridgehead atoms. The zero-order valence-electron chi connectivity index (χ0n) is 16.5. The molecule has 0 radical (unpaired) electrons. The second kappa shape index (κ2) is 9.34. The Morgan fingerprint density at radius 1 is 1.17 bits per heavy atom. The number of hydrogen-bond acceptors (Lipinski definition) is 5. The maximum Gasteiger partial charge on any atom is 0.425 e. The highest BCUT2D eigenvalue weighted by atomic mass is 19.4. The molecule has 1 aliphatic heterocycles. The summed E-state index contributed by atoms with van der Waals surface area (Å²) in [6.45, 7) is 5.92. The van der Waals surface area contributed by atoms with Crippen LogP contribution in [-0.4, -0.2) is 71.5 Å². The zero-order valence-corrected chi connectivity index (χ0v) is 16.5. The van der Waals surface area contributed by atoms with E-state index in [9.17, 15) is 22.8 Å². The van der Waals surface area contributed by atoms with Crippen LogP contribution in [-0.2, 0) is 16.1 Å². The van der Waals surface area contributed by atoms with E-state index in [0.717, 1.165) is 18.1 Å². The Morgan fingerprint density at radius 2 is 1.79 bits per heavy atom. The van der Waals surface area contributed by atoms with Gasteiger partial charge in [-0.25, -0.2) is 9.59 Å². The molecule has 0 spiro atoms. The summed E-state index contributed by atoms with van der Waals surface area (Å²) in [6.07, 6.45) is -8.73. The molecule has 0 saturated carbocycles. The van der Waals surface area contributed by atoms with Gasteiger partial charge in [-0.15, -0.1) is 0 Å². The summed E-state index contributed by atoms with van der Waals surface area (Å²) >= 11 is 0. The molecule has 0 aromatic heterocycles. The molecule has 162 valence electrons. The highest BCUT2D eigenvalue weighted by Gasteiger charge is 2.40. The predicted octanol–water partition coefficient (Wildman–Crippen LogP) is 3.05. The van der Waals surface area contributed by atoms with E-state index in [1.807, 2.05) is 24.0 Å². The third-order valence-electron chi connectivity index (χ3n) is 4.64. The van der Waals surface area contributed by atoms with E-state index in [0.29, 0.717) is 25.4 Å². The van der Waals surface area contributed by atoms with Crippen LogP contribution in [0.15, 0.2) is 18.2 Å². The SMILES string of the molecule is Cc1ccc(CN2CCN(C(=O)OC(C)C(F)(F)F)CC2)c(O[C@H](C)C(=O)O)c1. The number of piperazine rings is 1. The van der Waals surface area contributed by atoms with E-state index in [2.05, 4.69) is 4.74 Å². The van der Waals surface area contributed by atoms with Crippen molar-refractivity contribution in [1.82, 2.24) is 9.80 Å². The average Bonchev–Trinajstić information content (AvgIpc) is 2.63. The third-order valence-corrected chi connectivity index (χ3v) is 4.64. The van der Waals surface area contributed by atoms with E-state index < -0.39 is 30.4 Å². The maximum atomic E-state index is 12.5. The summed E-state index contributed by atoms with van der Waals surface area (Å²) in [5.41, 5.74) is 1.72. The van der Waals surface area contributed by atoms with Crippen LogP contribution in [0.3, 0.4) is 0 Å². The first-order valence-corrected chi connectivity index (χ1v) is 9.21. The van der Waals surface area contributed by atoms with Gasteiger partial charge in [-0.3, -0.25) is 4.90 Å². The third kappa shape index (κ3) is 6.52. The molecule has 2 rings (SSSR count). The average molecular weight is 418 g/mol. The lowest BCUT2D eigenvalue weighted by atomic mass is 10.1. The second-order valence-electron chi connectivity index (χ2n) is 7.04. The van der Waals surface area contributed by atoms with Crippen molar-refractivity contribution in [1.29, 1.82) is 0 Å². The minimum absolute atomic E-state index is 0.233. The number of carboxylic acid groups (broad SMARTS) is 1. The number of carbonyl (C=O) groups is 2. The first-order chi connectivity index (χ1) is 13.5. The van der Waals surface area contributed by atoms with Crippen molar-refractivity contribution in [3.8, 4) is 5.75 Å². The van der Waals surface area contributed by atoms with Crippen molar-refractivity contribution in [3.63, 3.8) is 0 Å². The lowest BCUT2D eigenvalue weighted by Crippen LogP contribution is -2.49. The van der Waals surface area contributed by atoms with Gasteiger partial charge in [-0.2, -0.15) is 13.2 Å². The molecule has 1 aliphatic rings. The van der Waals surface area contributed by atoms with Crippen molar-refractivity contribution >= 4 is 12.1 Å². The molecule has 1 fully saturated rings. The predicted molar refractivity (Wildman–Crippen MR) is 97.8 cm³/mol. The number of ether oxygens (including phenoxy) is 2. The van der Waals surface area contributed by atoms with Crippen LogP contribution < -0.4 is 4.74 Å². The van der Waals surface area contributed by atoms with Crippen LogP contribution in [0.5, 0.6) is 5.75 Å². The number of carbonyl (C=O) groups excluding carboxylic acids is 1. The smallest absolute Gasteiger partial charge is 0.425 e. The van der Waals surface area contributed by atoms with Gasteiger partial charge >= 0.3 is 18.2 Å². The highest BCUT2D eigenvalue weighted by Crippen LogP contribution is 2.25. The molecular weight excluding hydrogens is 393 g/mol. The fourth-order valence-electron chi connectivity index (χ4n) is 2.76. The summed E-state index contributed by atoms with van der Waals surface area (Å²) in [7, 11) is 0. The van der Waals surface area contributed by atoms with Gasteiger partial charge in [0.15, 0.2) is 12.2 Å². The lowest BCUT2D eigenvalue weighted by Gasteiger charge is -2.35. The number of rotatable bonds is 6. The number of nitrogens with zero attached hydrogens (tertiary/aromatic N) is 2. The van der Waals surface area contributed by atoms with Crippen LogP contribution in [0, 0.1) is 6.92 Å². The van der Waals surface area contributed by atoms with Crippen LogP contribution in [0.4, 0.5) is 18.0 Å². The van der Waals surface area contributed by atoms with Crippen LogP contribution in [0.25, 0.3) is 0 Å². The molecule has 1 saturated heterocycles. The van der Waals surface area contributed by atoms with Gasteiger partial charge in [-0.1, -0.05) is 12.1 Å². The molecule has 1 N–H and O–H groups in total. The Bertz CT molecular complexity index is 733. The first-order valence-electron chi connectivity index (χ1n) is 9.21. The van der Waals surface area contributed by atoms with E-state index >= 15 is 0 Å². The van der Waals surface area contributed by atoms with Gasteiger partial charge in [0.25, 0.3) is 0 Å². The van der Waals surface area contributed by atoms with E-state index in [1.54, 1.807) is 6.07 Å².